The van der Waals surface area contributed by atoms with E-state index >= 15 is 0 Å². The van der Waals surface area contributed by atoms with Gasteiger partial charge in [-0.3, -0.25) is 0 Å². The Morgan fingerprint density at radius 3 is 2.55 bits per heavy atom. The van der Waals surface area contributed by atoms with Gasteiger partial charge in [-0.05, 0) is 30.7 Å². The van der Waals surface area contributed by atoms with E-state index in [1.165, 1.54) is 6.07 Å². The lowest BCUT2D eigenvalue weighted by molar-refractivity contribution is 0.0698. The SMILES string of the molecule is Cc1cccc(Nc2cccc(C(=O)O)c2N)c1C#N. The second kappa shape index (κ2) is 5.33. The summed E-state index contributed by atoms with van der Waals surface area (Å²) in [6.07, 6.45) is 0. The van der Waals surface area contributed by atoms with Gasteiger partial charge in [-0.15, -0.1) is 0 Å². The van der Waals surface area contributed by atoms with E-state index in [9.17, 15) is 10.1 Å². The van der Waals surface area contributed by atoms with E-state index in [2.05, 4.69) is 11.4 Å². The number of nitrogens with zero attached hydrogens (tertiary/aromatic N) is 1. The molecule has 0 saturated heterocycles. The number of aromatic carboxylic acids is 1. The van der Waals surface area contributed by atoms with Gasteiger partial charge in [-0.25, -0.2) is 4.79 Å². The quantitative estimate of drug-likeness (QED) is 0.742. The number of carboxylic acids is 1. The second-order valence-corrected chi connectivity index (χ2v) is 4.31. The molecule has 0 fully saturated rings. The van der Waals surface area contributed by atoms with Gasteiger partial charge in [-0.2, -0.15) is 5.26 Å². The molecule has 20 heavy (non-hydrogen) atoms. The molecule has 0 aliphatic rings. The van der Waals surface area contributed by atoms with Crippen molar-refractivity contribution in [3.63, 3.8) is 0 Å². The normalized spacial score (nSPS) is 9.80. The molecule has 0 radical (unpaired) electrons. The molecule has 0 spiro atoms. The number of nitrogen functional groups attached to an aromatic ring is 1. The fourth-order valence-electron chi connectivity index (χ4n) is 1.93. The van der Waals surface area contributed by atoms with Gasteiger partial charge in [0, 0.05) is 0 Å². The molecule has 0 unspecified atom stereocenters. The lowest BCUT2D eigenvalue weighted by Gasteiger charge is -2.13. The molecule has 0 atom stereocenters. The molecular weight excluding hydrogens is 254 g/mol. The second-order valence-electron chi connectivity index (χ2n) is 4.31. The molecule has 0 aliphatic carbocycles. The van der Waals surface area contributed by atoms with Gasteiger partial charge in [0.2, 0.25) is 0 Å². The Bertz CT molecular complexity index is 718. The summed E-state index contributed by atoms with van der Waals surface area (Å²) in [6.45, 7) is 1.83. The van der Waals surface area contributed by atoms with Crippen LogP contribution in [0.3, 0.4) is 0 Å². The number of anilines is 3. The van der Waals surface area contributed by atoms with Crippen molar-refractivity contribution in [2.75, 3.05) is 11.1 Å². The van der Waals surface area contributed by atoms with Crippen molar-refractivity contribution >= 4 is 23.0 Å². The number of nitrogens with one attached hydrogen (secondary N) is 1. The van der Waals surface area contributed by atoms with Crippen LogP contribution in [0.1, 0.15) is 21.5 Å². The van der Waals surface area contributed by atoms with Crippen LogP contribution in [0.2, 0.25) is 0 Å². The maximum atomic E-state index is 11.0. The zero-order valence-electron chi connectivity index (χ0n) is 10.8. The Kier molecular flexibility index (Phi) is 3.58. The van der Waals surface area contributed by atoms with Crippen molar-refractivity contribution in [3.8, 4) is 6.07 Å². The molecule has 0 amide bonds. The highest BCUT2D eigenvalue weighted by Gasteiger charge is 2.12. The minimum atomic E-state index is -1.09. The summed E-state index contributed by atoms with van der Waals surface area (Å²) in [4.78, 5) is 11.0. The molecule has 0 aliphatic heterocycles. The molecule has 0 bridgehead atoms. The van der Waals surface area contributed by atoms with Crippen LogP contribution in [0, 0.1) is 18.3 Å². The number of nitrogens with two attached hydrogens (primary N) is 1. The molecule has 0 saturated carbocycles. The molecule has 100 valence electrons. The highest BCUT2D eigenvalue weighted by Crippen LogP contribution is 2.28. The summed E-state index contributed by atoms with van der Waals surface area (Å²) in [7, 11) is 0. The van der Waals surface area contributed by atoms with Gasteiger partial charge in [-0.1, -0.05) is 18.2 Å². The topological polar surface area (TPSA) is 99.1 Å². The van der Waals surface area contributed by atoms with E-state index in [0.29, 0.717) is 16.9 Å². The van der Waals surface area contributed by atoms with Gasteiger partial charge in [0.05, 0.1) is 28.2 Å². The van der Waals surface area contributed by atoms with E-state index in [1.807, 2.05) is 19.1 Å². The highest BCUT2D eigenvalue weighted by atomic mass is 16.4. The fraction of sp³-hybridized carbons (Fsp3) is 0.0667. The van der Waals surface area contributed by atoms with E-state index in [-0.39, 0.29) is 11.3 Å². The Morgan fingerprint density at radius 1 is 1.25 bits per heavy atom. The third kappa shape index (κ3) is 2.40. The first-order valence-electron chi connectivity index (χ1n) is 5.93. The van der Waals surface area contributed by atoms with E-state index < -0.39 is 5.97 Å². The number of hydrogen-bond acceptors (Lipinski definition) is 4. The summed E-state index contributed by atoms with van der Waals surface area (Å²) < 4.78 is 0. The number of aryl methyl sites for hydroxylation is 1. The van der Waals surface area contributed by atoms with Gasteiger partial charge in [0.25, 0.3) is 0 Å². The first-order chi connectivity index (χ1) is 9.54. The van der Waals surface area contributed by atoms with E-state index in [1.54, 1.807) is 18.2 Å². The molecule has 0 aromatic heterocycles. The molecule has 5 heteroatoms. The van der Waals surface area contributed by atoms with E-state index in [0.717, 1.165) is 5.56 Å². The predicted octanol–water partition coefficient (Wildman–Crippen LogP) is 2.89. The van der Waals surface area contributed by atoms with Gasteiger partial charge in [0.1, 0.15) is 6.07 Å². The predicted molar refractivity (Wildman–Crippen MR) is 77.0 cm³/mol. The summed E-state index contributed by atoms with van der Waals surface area (Å²) >= 11 is 0. The average Bonchev–Trinajstić information content (AvgIpc) is 2.41. The third-order valence-corrected chi connectivity index (χ3v) is 2.99. The maximum Gasteiger partial charge on any atom is 0.337 e. The smallest absolute Gasteiger partial charge is 0.337 e. The fourth-order valence-corrected chi connectivity index (χ4v) is 1.93. The van der Waals surface area contributed by atoms with Crippen LogP contribution in [0.25, 0.3) is 0 Å². The van der Waals surface area contributed by atoms with Crippen LogP contribution >= 0.6 is 0 Å². The van der Waals surface area contributed by atoms with Crippen molar-refractivity contribution in [2.24, 2.45) is 0 Å². The number of carbonyl (C=O) groups is 1. The summed E-state index contributed by atoms with van der Waals surface area (Å²) in [5, 5.41) is 21.2. The standard InChI is InChI=1S/C15H13N3O2/c1-9-4-2-6-12(11(9)8-16)18-13-7-3-5-10(14(13)17)15(19)20/h2-7,18H,17H2,1H3,(H,19,20). The Morgan fingerprint density at radius 2 is 1.90 bits per heavy atom. The number of benzene rings is 2. The molecular formula is C15H13N3O2. The van der Waals surface area contributed by atoms with Crippen molar-refractivity contribution in [1.29, 1.82) is 5.26 Å². The largest absolute Gasteiger partial charge is 0.478 e. The van der Waals surface area contributed by atoms with E-state index in [4.69, 9.17) is 10.8 Å². The molecule has 5 nitrogen and oxygen atoms in total. The monoisotopic (exact) mass is 267 g/mol. The Hall–Kier alpha value is -3.00. The van der Waals surface area contributed by atoms with Gasteiger partial charge in [0.15, 0.2) is 0 Å². The summed E-state index contributed by atoms with van der Waals surface area (Å²) in [6, 6.07) is 12.2. The zero-order chi connectivity index (χ0) is 14.7. The van der Waals surface area contributed by atoms with Crippen molar-refractivity contribution in [3.05, 3.63) is 53.1 Å². The number of para-hydroxylation sites is 1. The molecule has 2 aromatic rings. The molecule has 4 N–H and O–H groups in total. The zero-order valence-corrected chi connectivity index (χ0v) is 10.8. The lowest BCUT2D eigenvalue weighted by Crippen LogP contribution is -2.06. The summed E-state index contributed by atoms with van der Waals surface area (Å²) in [5.41, 5.74) is 8.42. The van der Waals surface area contributed by atoms with Crippen LogP contribution in [0.4, 0.5) is 17.1 Å². The lowest BCUT2D eigenvalue weighted by atomic mass is 10.1. The maximum absolute atomic E-state index is 11.0. The van der Waals surface area contributed by atoms with Crippen LogP contribution in [0.15, 0.2) is 36.4 Å². The molecule has 0 heterocycles. The number of rotatable bonds is 3. The minimum Gasteiger partial charge on any atom is -0.478 e. The number of carboxylic acid groups (broad SMARTS) is 1. The number of nitriles is 1. The summed E-state index contributed by atoms with van der Waals surface area (Å²) in [5.74, 6) is -1.09. The van der Waals surface area contributed by atoms with Crippen LogP contribution in [0.5, 0.6) is 0 Å². The van der Waals surface area contributed by atoms with Crippen molar-refractivity contribution in [2.45, 2.75) is 6.92 Å². The van der Waals surface area contributed by atoms with Crippen molar-refractivity contribution < 1.29 is 9.90 Å². The third-order valence-electron chi connectivity index (χ3n) is 2.99. The molecule has 2 rings (SSSR count). The average molecular weight is 267 g/mol. The van der Waals surface area contributed by atoms with Crippen LogP contribution < -0.4 is 11.1 Å². The van der Waals surface area contributed by atoms with Crippen molar-refractivity contribution in [1.82, 2.24) is 0 Å². The van der Waals surface area contributed by atoms with Gasteiger partial charge < -0.3 is 16.2 Å². The molecule has 2 aromatic carbocycles. The van der Waals surface area contributed by atoms with Crippen LogP contribution in [-0.4, -0.2) is 11.1 Å². The van der Waals surface area contributed by atoms with Gasteiger partial charge >= 0.3 is 5.97 Å². The highest BCUT2D eigenvalue weighted by molar-refractivity contribution is 5.97. The Labute approximate surface area is 116 Å². The number of hydrogen-bond donors (Lipinski definition) is 3. The Balaban J connectivity index is 2.47. The first kappa shape index (κ1) is 13.4. The van der Waals surface area contributed by atoms with Crippen LogP contribution in [-0.2, 0) is 0 Å². The minimum absolute atomic E-state index is 0.0289. The first-order valence-corrected chi connectivity index (χ1v) is 5.93.